The Hall–Kier alpha value is -0.630. The van der Waals surface area contributed by atoms with Crippen LogP contribution in [0.15, 0.2) is 12.7 Å². The van der Waals surface area contributed by atoms with E-state index in [1.54, 1.807) is 0 Å². The summed E-state index contributed by atoms with van der Waals surface area (Å²) in [4.78, 5) is 11.7. The lowest BCUT2D eigenvalue weighted by Gasteiger charge is -2.25. The van der Waals surface area contributed by atoms with E-state index in [1.807, 2.05) is 26.8 Å². The van der Waals surface area contributed by atoms with E-state index in [1.165, 1.54) is 0 Å². The Bertz CT molecular complexity index is 203. The van der Waals surface area contributed by atoms with E-state index >= 15 is 0 Å². The molecule has 0 fully saturated rings. The molecule has 0 aromatic carbocycles. The van der Waals surface area contributed by atoms with Crippen molar-refractivity contribution >= 4 is 5.78 Å². The number of allylic oxidation sites excluding steroid dienone is 1. The first-order chi connectivity index (χ1) is 6.89. The maximum absolute atomic E-state index is 11.7. The average Bonchev–Trinajstić information content (AvgIpc) is 2.14. The summed E-state index contributed by atoms with van der Waals surface area (Å²) < 4.78 is 0. The average molecular weight is 211 g/mol. The first-order valence-electron chi connectivity index (χ1n) is 5.78. The molecule has 0 aromatic rings. The monoisotopic (exact) mass is 211 g/mol. The van der Waals surface area contributed by atoms with Crippen molar-refractivity contribution in [3.8, 4) is 0 Å². The molecule has 0 heterocycles. The molecule has 2 heteroatoms. The summed E-state index contributed by atoms with van der Waals surface area (Å²) in [5, 5.41) is 0. The Morgan fingerprint density at radius 1 is 1.33 bits per heavy atom. The minimum absolute atomic E-state index is 0.113. The van der Waals surface area contributed by atoms with Crippen LogP contribution < -0.4 is 5.73 Å². The van der Waals surface area contributed by atoms with Crippen molar-refractivity contribution in [3.05, 3.63) is 12.7 Å². The fourth-order valence-electron chi connectivity index (χ4n) is 1.40. The number of ketones is 1. The van der Waals surface area contributed by atoms with E-state index in [0.717, 1.165) is 25.7 Å². The lowest BCUT2D eigenvalue weighted by molar-refractivity contribution is -0.122. The van der Waals surface area contributed by atoms with Crippen LogP contribution in [0.1, 0.15) is 52.9 Å². The molecule has 0 bridgehead atoms. The lowest BCUT2D eigenvalue weighted by atomic mass is 9.83. The molecule has 0 radical (unpaired) electrons. The van der Waals surface area contributed by atoms with E-state index in [4.69, 9.17) is 5.73 Å². The highest BCUT2D eigenvalue weighted by Gasteiger charge is 2.26. The van der Waals surface area contributed by atoms with Crippen molar-refractivity contribution in [1.82, 2.24) is 0 Å². The summed E-state index contributed by atoms with van der Waals surface area (Å²) >= 11 is 0. The Labute approximate surface area is 93.9 Å². The third-order valence-corrected chi connectivity index (χ3v) is 2.61. The summed E-state index contributed by atoms with van der Waals surface area (Å²) in [6.07, 6.45) is 6.75. The highest BCUT2D eigenvalue weighted by Crippen LogP contribution is 2.19. The second kappa shape index (κ2) is 6.78. The quantitative estimate of drug-likeness (QED) is 0.519. The third kappa shape index (κ3) is 6.45. The highest BCUT2D eigenvalue weighted by molar-refractivity contribution is 5.84. The van der Waals surface area contributed by atoms with Crippen molar-refractivity contribution < 1.29 is 4.79 Å². The second-order valence-corrected chi connectivity index (χ2v) is 5.20. The predicted molar refractivity (Wildman–Crippen MR) is 65.7 cm³/mol. The largest absolute Gasteiger partial charge is 0.321 e. The molecule has 0 amide bonds. The van der Waals surface area contributed by atoms with Gasteiger partial charge in [-0.15, -0.1) is 6.58 Å². The molecule has 15 heavy (non-hydrogen) atoms. The molecule has 2 nitrogen and oxygen atoms in total. The summed E-state index contributed by atoms with van der Waals surface area (Å²) in [6, 6.07) is -0.322. The first kappa shape index (κ1) is 14.4. The van der Waals surface area contributed by atoms with Crippen molar-refractivity contribution in [2.45, 2.75) is 58.9 Å². The normalized spacial score (nSPS) is 13.6. The zero-order valence-electron chi connectivity index (χ0n) is 10.4. The Kier molecular flexibility index (Phi) is 6.50. The third-order valence-electron chi connectivity index (χ3n) is 2.61. The van der Waals surface area contributed by atoms with Gasteiger partial charge in [0, 0.05) is 6.42 Å². The molecule has 0 saturated heterocycles. The Balaban J connectivity index is 3.70. The number of carbonyl (C=O) groups is 1. The number of Topliss-reactive ketones (excluding diaryl/α,β-unsaturated/α-hetero) is 1. The van der Waals surface area contributed by atoms with Gasteiger partial charge in [-0.3, -0.25) is 4.79 Å². The molecule has 0 aromatic heterocycles. The van der Waals surface area contributed by atoms with Crippen molar-refractivity contribution in [1.29, 1.82) is 0 Å². The molecule has 0 rings (SSSR count). The van der Waals surface area contributed by atoms with Crippen LogP contribution in [0.5, 0.6) is 0 Å². The van der Waals surface area contributed by atoms with Gasteiger partial charge in [-0.05, 0) is 24.7 Å². The van der Waals surface area contributed by atoms with Crippen LogP contribution in [0.2, 0.25) is 0 Å². The van der Waals surface area contributed by atoms with Gasteiger partial charge < -0.3 is 5.73 Å². The molecular formula is C13H25NO. The van der Waals surface area contributed by atoms with Gasteiger partial charge in [-0.25, -0.2) is 0 Å². The zero-order chi connectivity index (χ0) is 11.9. The standard InChI is InChI=1S/C13H25NO/c1-5-6-7-8-9-10-11(15)12(14)13(2,3)4/h5,12H,1,6-10,14H2,2-4H3. The van der Waals surface area contributed by atoms with Crippen LogP contribution in [0.4, 0.5) is 0 Å². The molecule has 0 aliphatic carbocycles. The number of unbranched alkanes of at least 4 members (excludes halogenated alkanes) is 3. The summed E-state index contributed by atoms with van der Waals surface area (Å²) in [5.41, 5.74) is 5.76. The van der Waals surface area contributed by atoms with Gasteiger partial charge in [0.2, 0.25) is 0 Å². The van der Waals surface area contributed by atoms with Crippen LogP contribution in [0.3, 0.4) is 0 Å². The van der Waals surface area contributed by atoms with Gasteiger partial charge in [0.05, 0.1) is 6.04 Å². The lowest BCUT2D eigenvalue weighted by Crippen LogP contribution is -2.42. The molecule has 1 atom stereocenters. The van der Waals surface area contributed by atoms with Crippen LogP contribution in [-0.4, -0.2) is 11.8 Å². The molecular weight excluding hydrogens is 186 g/mol. The van der Waals surface area contributed by atoms with Crippen LogP contribution >= 0.6 is 0 Å². The van der Waals surface area contributed by atoms with E-state index in [2.05, 4.69) is 6.58 Å². The summed E-state index contributed by atoms with van der Waals surface area (Å²) in [6.45, 7) is 9.69. The van der Waals surface area contributed by atoms with Crippen molar-refractivity contribution in [2.24, 2.45) is 11.1 Å². The Morgan fingerprint density at radius 2 is 1.93 bits per heavy atom. The van der Waals surface area contributed by atoms with Gasteiger partial charge in [0.15, 0.2) is 0 Å². The van der Waals surface area contributed by atoms with E-state index in [-0.39, 0.29) is 17.2 Å². The topological polar surface area (TPSA) is 43.1 Å². The molecule has 2 N–H and O–H groups in total. The van der Waals surface area contributed by atoms with Crippen LogP contribution in [0, 0.1) is 5.41 Å². The van der Waals surface area contributed by atoms with Gasteiger partial charge in [0.1, 0.15) is 5.78 Å². The number of rotatable bonds is 7. The van der Waals surface area contributed by atoms with E-state index in [9.17, 15) is 4.79 Å². The smallest absolute Gasteiger partial charge is 0.150 e. The maximum atomic E-state index is 11.7. The number of hydrogen-bond donors (Lipinski definition) is 1. The van der Waals surface area contributed by atoms with Crippen LogP contribution in [-0.2, 0) is 4.79 Å². The number of carbonyl (C=O) groups excluding carboxylic acids is 1. The highest BCUT2D eigenvalue weighted by atomic mass is 16.1. The maximum Gasteiger partial charge on any atom is 0.150 e. The minimum atomic E-state index is -0.322. The molecule has 1 unspecified atom stereocenters. The Morgan fingerprint density at radius 3 is 2.40 bits per heavy atom. The van der Waals surface area contributed by atoms with E-state index < -0.39 is 0 Å². The molecule has 0 spiro atoms. The van der Waals surface area contributed by atoms with Crippen molar-refractivity contribution in [2.75, 3.05) is 0 Å². The first-order valence-corrected chi connectivity index (χ1v) is 5.78. The van der Waals surface area contributed by atoms with Crippen molar-refractivity contribution in [3.63, 3.8) is 0 Å². The molecule has 0 aliphatic rings. The fourth-order valence-corrected chi connectivity index (χ4v) is 1.40. The summed E-state index contributed by atoms with van der Waals surface area (Å²) in [7, 11) is 0. The second-order valence-electron chi connectivity index (χ2n) is 5.20. The zero-order valence-corrected chi connectivity index (χ0v) is 10.4. The number of nitrogens with two attached hydrogens (primary N) is 1. The molecule has 0 saturated carbocycles. The fraction of sp³-hybridized carbons (Fsp3) is 0.769. The molecule has 88 valence electrons. The molecule has 0 aliphatic heterocycles. The van der Waals surface area contributed by atoms with Gasteiger partial charge in [-0.1, -0.05) is 33.3 Å². The van der Waals surface area contributed by atoms with Gasteiger partial charge >= 0.3 is 0 Å². The van der Waals surface area contributed by atoms with Gasteiger partial charge in [-0.2, -0.15) is 0 Å². The van der Waals surface area contributed by atoms with Gasteiger partial charge in [0.25, 0.3) is 0 Å². The predicted octanol–water partition coefficient (Wildman–Crippen LogP) is 3.07. The summed E-state index contributed by atoms with van der Waals surface area (Å²) in [5.74, 6) is 0.195. The van der Waals surface area contributed by atoms with Crippen LogP contribution in [0.25, 0.3) is 0 Å². The number of hydrogen-bond acceptors (Lipinski definition) is 2. The van der Waals surface area contributed by atoms with E-state index in [0.29, 0.717) is 6.42 Å². The SMILES string of the molecule is C=CCCCCCC(=O)C(N)C(C)(C)C. The minimum Gasteiger partial charge on any atom is -0.321 e.